The van der Waals surface area contributed by atoms with Crippen LogP contribution in [0.3, 0.4) is 0 Å². The molecule has 1 aromatic rings. The Bertz CT molecular complexity index is 517. The molecule has 3 rings (SSSR count). The molecular weight excluding hydrogens is 282 g/mol. The number of aryl methyl sites for hydroxylation is 1. The summed E-state index contributed by atoms with van der Waals surface area (Å²) in [5.41, 5.74) is 3.60. The lowest BCUT2D eigenvalue weighted by atomic mass is 10.1. The number of thiophene rings is 1. The number of unbranched alkanes of at least 4 members (excludes halogenated alkanes) is 1. The SMILES string of the molecule is O=C1CCC(c2ccc(CCCCN3CCCC3)s2)=NN1. The Hall–Kier alpha value is -1.20. The Labute approximate surface area is 130 Å². The minimum atomic E-state index is 0.0254. The third kappa shape index (κ3) is 4.14. The van der Waals surface area contributed by atoms with Gasteiger partial charge in [-0.1, -0.05) is 0 Å². The quantitative estimate of drug-likeness (QED) is 0.821. The molecule has 2 aliphatic heterocycles. The molecule has 0 spiro atoms. The number of hydrogen-bond donors (Lipinski definition) is 1. The van der Waals surface area contributed by atoms with Crippen LogP contribution in [0.2, 0.25) is 0 Å². The number of amides is 1. The molecule has 21 heavy (non-hydrogen) atoms. The summed E-state index contributed by atoms with van der Waals surface area (Å²) in [7, 11) is 0. The van der Waals surface area contributed by atoms with Crippen molar-refractivity contribution in [2.45, 2.75) is 44.9 Å². The van der Waals surface area contributed by atoms with Crippen LogP contribution in [-0.2, 0) is 11.2 Å². The summed E-state index contributed by atoms with van der Waals surface area (Å²) < 4.78 is 0. The molecule has 1 saturated heterocycles. The van der Waals surface area contributed by atoms with Gasteiger partial charge in [-0.2, -0.15) is 5.10 Å². The molecule has 0 unspecified atom stereocenters. The number of carbonyl (C=O) groups is 1. The molecule has 4 nitrogen and oxygen atoms in total. The second-order valence-electron chi connectivity index (χ2n) is 5.87. The van der Waals surface area contributed by atoms with Crippen molar-refractivity contribution in [3.63, 3.8) is 0 Å². The van der Waals surface area contributed by atoms with Crippen LogP contribution in [0.15, 0.2) is 17.2 Å². The van der Waals surface area contributed by atoms with Crippen LogP contribution >= 0.6 is 11.3 Å². The number of likely N-dealkylation sites (tertiary alicyclic amines) is 1. The third-order valence-electron chi connectivity index (χ3n) is 4.20. The van der Waals surface area contributed by atoms with Gasteiger partial charge < -0.3 is 4.90 Å². The van der Waals surface area contributed by atoms with E-state index in [0.29, 0.717) is 6.42 Å². The molecule has 0 radical (unpaired) electrons. The zero-order valence-electron chi connectivity index (χ0n) is 12.4. The van der Waals surface area contributed by atoms with E-state index in [1.54, 1.807) is 0 Å². The van der Waals surface area contributed by atoms with E-state index < -0.39 is 0 Å². The van der Waals surface area contributed by atoms with Crippen molar-refractivity contribution in [1.82, 2.24) is 10.3 Å². The van der Waals surface area contributed by atoms with Gasteiger partial charge in [0.15, 0.2) is 0 Å². The predicted octanol–water partition coefficient (Wildman–Crippen LogP) is 2.78. The van der Waals surface area contributed by atoms with Crippen LogP contribution in [0.5, 0.6) is 0 Å². The van der Waals surface area contributed by atoms with Gasteiger partial charge in [0.05, 0.1) is 10.6 Å². The first-order valence-corrected chi connectivity index (χ1v) is 8.80. The highest BCUT2D eigenvalue weighted by Gasteiger charge is 2.15. The third-order valence-corrected chi connectivity index (χ3v) is 5.39. The van der Waals surface area contributed by atoms with Crippen LogP contribution in [0.4, 0.5) is 0 Å². The zero-order valence-corrected chi connectivity index (χ0v) is 13.3. The van der Waals surface area contributed by atoms with Crippen LogP contribution < -0.4 is 5.43 Å². The molecule has 0 atom stereocenters. The molecule has 0 bridgehead atoms. The van der Waals surface area contributed by atoms with Gasteiger partial charge in [-0.3, -0.25) is 4.79 Å². The molecule has 1 aromatic heterocycles. The van der Waals surface area contributed by atoms with Crippen LogP contribution in [0, 0.1) is 0 Å². The molecule has 0 aliphatic carbocycles. The predicted molar refractivity (Wildman–Crippen MR) is 86.8 cm³/mol. The summed E-state index contributed by atoms with van der Waals surface area (Å²) in [5, 5.41) is 4.16. The van der Waals surface area contributed by atoms with Gasteiger partial charge in [0.1, 0.15) is 0 Å². The van der Waals surface area contributed by atoms with E-state index in [1.807, 2.05) is 11.3 Å². The van der Waals surface area contributed by atoms with Gasteiger partial charge >= 0.3 is 0 Å². The molecule has 114 valence electrons. The Morgan fingerprint density at radius 1 is 1.19 bits per heavy atom. The number of rotatable bonds is 6. The van der Waals surface area contributed by atoms with E-state index in [1.165, 1.54) is 55.1 Å². The van der Waals surface area contributed by atoms with E-state index in [9.17, 15) is 4.79 Å². The Balaban J connectivity index is 1.43. The summed E-state index contributed by atoms with van der Waals surface area (Å²) in [6.07, 6.45) is 7.81. The number of hydrazone groups is 1. The fourth-order valence-electron chi connectivity index (χ4n) is 2.96. The number of carbonyl (C=O) groups excluding carboxylic acids is 1. The minimum absolute atomic E-state index is 0.0254. The van der Waals surface area contributed by atoms with Gasteiger partial charge in [0.2, 0.25) is 5.91 Å². The lowest BCUT2D eigenvalue weighted by molar-refractivity contribution is -0.121. The normalized spacial score (nSPS) is 19.6. The first-order valence-electron chi connectivity index (χ1n) is 7.98. The van der Waals surface area contributed by atoms with E-state index in [0.717, 1.165) is 18.6 Å². The largest absolute Gasteiger partial charge is 0.303 e. The summed E-state index contributed by atoms with van der Waals surface area (Å²) >= 11 is 1.83. The van der Waals surface area contributed by atoms with Gasteiger partial charge in [-0.15, -0.1) is 11.3 Å². The molecular formula is C16H23N3OS. The molecule has 1 amide bonds. The number of nitrogens with zero attached hydrogens (tertiary/aromatic N) is 2. The van der Waals surface area contributed by atoms with E-state index in [2.05, 4.69) is 27.6 Å². The minimum Gasteiger partial charge on any atom is -0.303 e. The van der Waals surface area contributed by atoms with Crippen LogP contribution in [0.25, 0.3) is 0 Å². The van der Waals surface area contributed by atoms with Crippen molar-refractivity contribution in [1.29, 1.82) is 0 Å². The monoisotopic (exact) mass is 305 g/mol. The molecule has 1 N–H and O–H groups in total. The van der Waals surface area contributed by atoms with Gasteiger partial charge in [-0.25, -0.2) is 5.43 Å². The molecule has 2 aliphatic rings. The number of nitrogens with one attached hydrogen (secondary N) is 1. The molecule has 5 heteroatoms. The maximum absolute atomic E-state index is 11.1. The topological polar surface area (TPSA) is 44.7 Å². The van der Waals surface area contributed by atoms with Crippen molar-refractivity contribution in [3.8, 4) is 0 Å². The highest BCUT2D eigenvalue weighted by atomic mass is 32.1. The van der Waals surface area contributed by atoms with Gasteiger partial charge in [0.25, 0.3) is 0 Å². The maximum Gasteiger partial charge on any atom is 0.240 e. The Kier molecular flexibility index (Phi) is 5.04. The summed E-state index contributed by atoms with van der Waals surface area (Å²) in [6.45, 7) is 3.86. The molecule has 1 fully saturated rings. The van der Waals surface area contributed by atoms with E-state index in [4.69, 9.17) is 0 Å². The maximum atomic E-state index is 11.1. The van der Waals surface area contributed by atoms with Crippen molar-refractivity contribution in [2.24, 2.45) is 5.10 Å². The average Bonchev–Trinajstić information content (AvgIpc) is 3.16. The highest BCUT2D eigenvalue weighted by Crippen LogP contribution is 2.22. The Morgan fingerprint density at radius 3 is 2.81 bits per heavy atom. The fraction of sp³-hybridized carbons (Fsp3) is 0.625. The van der Waals surface area contributed by atoms with Crippen molar-refractivity contribution in [3.05, 3.63) is 21.9 Å². The molecule has 0 aromatic carbocycles. The van der Waals surface area contributed by atoms with Crippen molar-refractivity contribution < 1.29 is 4.79 Å². The van der Waals surface area contributed by atoms with Crippen molar-refractivity contribution >= 4 is 23.0 Å². The summed E-state index contributed by atoms with van der Waals surface area (Å²) in [4.78, 5) is 16.3. The molecule has 3 heterocycles. The first-order chi connectivity index (χ1) is 10.3. The average molecular weight is 305 g/mol. The Morgan fingerprint density at radius 2 is 2.05 bits per heavy atom. The summed E-state index contributed by atoms with van der Waals surface area (Å²) in [6, 6.07) is 4.37. The lowest BCUT2D eigenvalue weighted by Crippen LogP contribution is -2.25. The fourth-order valence-corrected chi connectivity index (χ4v) is 4.03. The van der Waals surface area contributed by atoms with Gasteiger partial charge in [0, 0.05) is 17.7 Å². The smallest absolute Gasteiger partial charge is 0.240 e. The van der Waals surface area contributed by atoms with Gasteiger partial charge in [-0.05, 0) is 63.9 Å². The van der Waals surface area contributed by atoms with Crippen molar-refractivity contribution in [2.75, 3.05) is 19.6 Å². The standard InChI is InChI=1S/C16H23N3OS/c20-16-9-7-14(17-18-16)15-8-6-13(21-15)5-1-2-10-19-11-3-4-12-19/h6,8H,1-5,7,9-12H2,(H,18,20). The zero-order chi connectivity index (χ0) is 14.5. The second kappa shape index (κ2) is 7.18. The van der Waals surface area contributed by atoms with E-state index >= 15 is 0 Å². The molecule has 0 saturated carbocycles. The second-order valence-corrected chi connectivity index (χ2v) is 7.03. The number of hydrogen-bond acceptors (Lipinski definition) is 4. The lowest BCUT2D eigenvalue weighted by Gasteiger charge is -2.13. The first kappa shape index (κ1) is 14.7. The van der Waals surface area contributed by atoms with Crippen LogP contribution in [-0.4, -0.2) is 36.2 Å². The van der Waals surface area contributed by atoms with Crippen LogP contribution in [0.1, 0.15) is 48.3 Å². The van der Waals surface area contributed by atoms with E-state index in [-0.39, 0.29) is 5.91 Å². The highest BCUT2D eigenvalue weighted by molar-refractivity contribution is 7.14. The summed E-state index contributed by atoms with van der Waals surface area (Å²) in [5.74, 6) is 0.0254.